The lowest BCUT2D eigenvalue weighted by Gasteiger charge is -2.17. The number of nitrogens with zero attached hydrogens (tertiary/aromatic N) is 3. The highest BCUT2D eigenvalue weighted by Gasteiger charge is 2.16. The third kappa shape index (κ3) is 4.98. The molecule has 0 atom stereocenters. The van der Waals surface area contributed by atoms with Crippen molar-refractivity contribution in [1.29, 1.82) is 0 Å². The highest BCUT2D eigenvalue weighted by atomic mass is 16.2. The Morgan fingerprint density at radius 2 is 1.59 bits per heavy atom. The average Bonchev–Trinajstić information content (AvgIpc) is 2.73. The van der Waals surface area contributed by atoms with E-state index in [9.17, 15) is 9.59 Å². The van der Waals surface area contributed by atoms with Crippen LogP contribution >= 0.6 is 0 Å². The highest BCUT2D eigenvalue weighted by Crippen LogP contribution is 2.08. The molecule has 0 bridgehead atoms. The van der Waals surface area contributed by atoms with Gasteiger partial charge in [0.25, 0.3) is 11.8 Å². The van der Waals surface area contributed by atoms with Crippen LogP contribution in [0.4, 0.5) is 0 Å². The molecule has 3 aromatic rings. The van der Waals surface area contributed by atoms with Gasteiger partial charge in [-0.25, -0.2) is 4.98 Å². The number of nitrogens with one attached hydrogen (secondary N) is 1. The van der Waals surface area contributed by atoms with Crippen LogP contribution in [0.3, 0.4) is 0 Å². The number of carbonyl (C=O) groups is 2. The Morgan fingerprint density at radius 1 is 0.889 bits per heavy atom. The fraction of sp³-hybridized carbons (Fsp3) is 0.143. The SMILES string of the molecule is CN(Cc1ccccc1)C(=O)c1cccc(C(=O)NCc2ccncc2)n1. The number of benzene rings is 1. The first-order valence-electron chi connectivity index (χ1n) is 8.57. The Balaban J connectivity index is 1.65. The third-order valence-electron chi connectivity index (χ3n) is 4.01. The second-order valence-corrected chi connectivity index (χ2v) is 6.09. The minimum Gasteiger partial charge on any atom is -0.347 e. The number of amides is 2. The first-order valence-corrected chi connectivity index (χ1v) is 8.57. The molecule has 1 aromatic carbocycles. The van der Waals surface area contributed by atoms with Gasteiger partial charge in [-0.1, -0.05) is 36.4 Å². The Hall–Kier alpha value is -3.54. The van der Waals surface area contributed by atoms with E-state index in [2.05, 4.69) is 15.3 Å². The van der Waals surface area contributed by atoms with E-state index < -0.39 is 0 Å². The molecule has 6 nitrogen and oxygen atoms in total. The van der Waals surface area contributed by atoms with E-state index in [0.717, 1.165) is 11.1 Å². The van der Waals surface area contributed by atoms with Crippen LogP contribution in [-0.2, 0) is 13.1 Å². The molecule has 3 rings (SSSR count). The van der Waals surface area contributed by atoms with E-state index in [1.54, 1.807) is 42.5 Å². The molecule has 2 amide bonds. The fourth-order valence-electron chi connectivity index (χ4n) is 2.58. The first-order chi connectivity index (χ1) is 13.1. The van der Waals surface area contributed by atoms with Crippen molar-refractivity contribution in [3.8, 4) is 0 Å². The average molecular weight is 360 g/mol. The predicted molar refractivity (Wildman–Crippen MR) is 102 cm³/mol. The van der Waals surface area contributed by atoms with Crippen molar-refractivity contribution in [3.05, 3.63) is 95.6 Å². The molecule has 27 heavy (non-hydrogen) atoms. The minimum atomic E-state index is -0.327. The number of rotatable bonds is 6. The largest absolute Gasteiger partial charge is 0.347 e. The number of pyridine rings is 2. The van der Waals surface area contributed by atoms with Gasteiger partial charge in [-0.15, -0.1) is 0 Å². The zero-order valence-electron chi connectivity index (χ0n) is 15.0. The van der Waals surface area contributed by atoms with Gasteiger partial charge in [-0.2, -0.15) is 0 Å². The zero-order valence-corrected chi connectivity index (χ0v) is 15.0. The topological polar surface area (TPSA) is 75.2 Å². The third-order valence-corrected chi connectivity index (χ3v) is 4.01. The summed E-state index contributed by atoms with van der Waals surface area (Å²) in [5, 5.41) is 2.80. The second-order valence-electron chi connectivity index (χ2n) is 6.09. The van der Waals surface area contributed by atoms with E-state index in [0.29, 0.717) is 13.1 Å². The molecule has 0 unspecified atom stereocenters. The zero-order chi connectivity index (χ0) is 19.1. The molecule has 2 heterocycles. The molecule has 0 spiro atoms. The normalized spacial score (nSPS) is 10.3. The fourth-order valence-corrected chi connectivity index (χ4v) is 2.58. The van der Waals surface area contributed by atoms with Crippen LogP contribution in [0.25, 0.3) is 0 Å². The van der Waals surface area contributed by atoms with Gasteiger partial charge >= 0.3 is 0 Å². The summed E-state index contributed by atoms with van der Waals surface area (Å²) in [6.45, 7) is 0.842. The van der Waals surface area contributed by atoms with Crippen LogP contribution < -0.4 is 5.32 Å². The Morgan fingerprint density at radius 3 is 2.33 bits per heavy atom. The molecular weight excluding hydrogens is 340 g/mol. The molecule has 0 radical (unpaired) electrons. The lowest BCUT2D eigenvalue weighted by atomic mass is 10.2. The molecular formula is C21H20N4O2. The summed E-state index contributed by atoms with van der Waals surface area (Å²) in [6, 6.07) is 18.2. The van der Waals surface area contributed by atoms with Crippen molar-refractivity contribution >= 4 is 11.8 Å². The van der Waals surface area contributed by atoms with Crippen LogP contribution in [0.5, 0.6) is 0 Å². The van der Waals surface area contributed by atoms with Crippen LogP contribution in [0.2, 0.25) is 0 Å². The van der Waals surface area contributed by atoms with Crippen molar-refractivity contribution in [2.24, 2.45) is 0 Å². The van der Waals surface area contributed by atoms with Crippen molar-refractivity contribution in [2.45, 2.75) is 13.1 Å². The maximum atomic E-state index is 12.6. The van der Waals surface area contributed by atoms with Crippen LogP contribution in [0.1, 0.15) is 32.1 Å². The van der Waals surface area contributed by atoms with E-state index in [-0.39, 0.29) is 23.2 Å². The van der Waals surface area contributed by atoms with E-state index >= 15 is 0 Å². The van der Waals surface area contributed by atoms with Crippen molar-refractivity contribution < 1.29 is 9.59 Å². The van der Waals surface area contributed by atoms with Crippen LogP contribution in [-0.4, -0.2) is 33.7 Å². The first kappa shape index (κ1) is 18.3. The predicted octanol–water partition coefficient (Wildman–Crippen LogP) is 2.68. The Kier molecular flexibility index (Phi) is 5.89. The van der Waals surface area contributed by atoms with E-state index in [4.69, 9.17) is 0 Å². The molecule has 136 valence electrons. The quantitative estimate of drug-likeness (QED) is 0.733. The maximum absolute atomic E-state index is 12.6. The molecule has 0 aliphatic rings. The molecule has 0 aliphatic carbocycles. The van der Waals surface area contributed by atoms with Crippen molar-refractivity contribution in [2.75, 3.05) is 7.05 Å². The summed E-state index contributed by atoms with van der Waals surface area (Å²) in [6.07, 6.45) is 3.34. The number of aromatic nitrogens is 2. The van der Waals surface area contributed by atoms with Gasteiger partial charge in [-0.3, -0.25) is 14.6 Å². The molecule has 0 fully saturated rings. The summed E-state index contributed by atoms with van der Waals surface area (Å²) in [5.74, 6) is -0.560. The number of carbonyl (C=O) groups excluding carboxylic acids is 2. The minimum absolute atomic E-state index is 0.211. The molecule has 0 aliphatic heterocycles. The molecule has 2 aromatic heterocycles. The molecule has 0 saturated carbocycles. The van der Waals surface area contributed by atoms with Gasteiger partial charge in [-0.05, 0) is 35.4 Å². The summed E-state index contributed by atoms with van der Waals surface area (Å²) in [5.41, 5.74) is 2.42. The van der Waals surface area contributed by atoms with Crippen molar-refractivity contribution in [1.82, 2.24) is 20.2 Å². The number of hydrogen-bond acceptors (Lipinski definition) is 4. The maximum Gasteiger partial charge on any atom is 0.272 e. The van der Waals surface area contributed by atoms with E-state index in [1.807, 2.05) is 42.5 Å². The smallest absolute Gasteiger partial charge is 0.272 e. The lowest BCUT2D eigenvalue weighted by molar-refractivity contribution is 0.0779. The summed E-state index contributed by atoms with van der Waals surface area (Å²) >= 11 is 0. The summed E-state index contributed by atoms with van der Waals surface area (Å²) < 4.78 is 0. The Bertz CT molecular complexity index is 914. The van der Waals surface area contributed by atoms with Gasteiger partial charge in [0.15, 0.2) is 0 Å². The molecule has 1 N–H and O–H groups in total. The van der Waals surface area contributed by atoms with Gasteiger partial charge < -0.3 is 10.2 Å². The van der Waals surface area contributed by atoms with Crippen LogP contribution in [0, 0.1) is 0 Å². The van der Waals surface area contributed by atoms with E-state index in [1.165, 1.54) is 0 Å². The molecule has 6 heteroatoms. The summed E-state index contributed by atoms with van der Waals surface area (Å²) in [4.78, 5) is 34.7. The van der Waals surface area contributed by atoms with Gasteiger partial charge in [0.1, 0.15) is 11.4 Å². The molecule has 0 saturated heterocycles. The van der Waals surface area contributed by atoms with Gasteiger partial charge in [0, 0.05) is 32.5 Å². The number of hydrogen-bond donors (Lipinski definition) is 1. The Labute approximate surface area is 157 Å². The second kappa shape index (κ2) is 8.71. The standard InChI is InChI=1S/C21H20N4O2/c1-25(15-17-6-3-2-4-7-17)21(27)19-9-5-8-18(24-19)20(26)23-14-16-10-12-22-13-11-16/h2-13H,14-15H2,1H3,(H,23,26). The van der Waals surface area contributed by atoms with Crippen LogP contribution in [0.15, 0.2) is 73.1 Å². The summed E-state index contributed by atoms with van der Waals surface area (Å²) in [7, 11) is 1.72. The van der Waals surface area contributed by atoms with Gasteiger partial charge in [0.2, 0.25) is 0 Å². The van der Waals surface area contributed by atoms with Gasteiger partial charge in [0.05, 0.1) is 0 Å². The lowest BCUT2D eigenvalue weighted by Crippen LogP contribution is -2.29. The monoisotopic (exact) mass is 360 g/mol. The highest BCUT2D eigenvalue weighted by molar-refractivity contribution is 5.96. The van der Waals surface area contributed by atoms with Crippen molar-refractivity contribution in [3.63, 3.8) is 0 Å².